The van der Waals surface area contributed by atoms with Gasteiger partial charge in [-0.3, -0.25) is 10.1 Å². The maximum atomic E-state index is 11.1. The third-order valence-corrected chi connectivity index (χ3v) is 3.14. The monoisotopic (exact) mass is 235 g/mol. The third-order valence-electron chi connectivity index (χ3n) is 3.14. The van der Waals surface area contributed by atoms with Gasteiger partial charge in [0.15, 0.2) is 0 Å². The molecule has 5 nitrogen and oxygen atoms in total. The molecule has 17 heavy (non-hydrogen) atoms. The first-order chi connectivity index (χ1) is 7.92. The SMILES string of the molecule is C[C@@]1(C(=O)O)Cc2cc(C(=O)O)ccc2CN1. The van der Waals surface area contributed by atoms with Gasteiger partial charge in [0.05, 0.1) is 5.56 Å². The first kappa shape index (κ1) is 11.6. The molecule has 1 aliphatic heterocycles. The Balaban J connectivity index is 2.39. The highest BCUT2D eigenvalue weighted by molar-refractivity contribution is 5.88. The predicted molar refractivity (Wildman–Crippen MR) is 60.0 cm³/mol. The second-order valence-electron chi connectivity index (χ2n) is 4.46. The zero-order valence-electron chi connectivity index (χ0n) is 9.36. The molecule has 1 aromatic carbocycles. The summed E-state index contributed by atoms with van der Waals surface area (Å²) < 4.78 is 0. The Morgan fingerprint density at radius 2 is 2.00 bits per heavy atom. The maximum absolute atomic E-state index is 11.1. The van der Waals surface area contributed by atoms with Gasteiger partial charge < -0.3 is 10.2 Å². The van der Waals surface area contributed by atoms with Crippen molar-refractivity contribution in [2.24, 2.45) is 0 Å². The van der Waals surface area contributed by atoms with E-state index in [0.717, 1.165) is 11.1 Å². The third kappa shape index (κ3) is 2.01. The van der Waals surface area contributed by atoms with Crippen molar-refractivity contribution in [1.29, 1.82) is 0 Å². The van der Waals surface area contributed by atoms with E-state index in [1.807, 2.05) is 0 Å². The molecule has 3 N–H and O–H groups in total. The molecule has 0 saturated heterocycles. The fraction of sp³-hybridized carbons (Fsp3) is 0.333. The lowest BCUT2D eigenvalue weighted by molar-refractivity contribution is -0.144. The van der Waals surface area contributed by atoms with E-state index in [9.17, 15) is 9.59 Å². The number of fused-ring (bicyclic) bond motifs is 1. The Hall–Kier alpha value is -1.88. The van der Waals surface area contributed by atoms with Crippen LogP contribution in [0.15, 0.2) is 18.2 Å². The zero-order valence-corrected chi connectivity index (χ0v) is 9.36. The fourth-order valence-electron chi connectivity index (χ4n) is 1.98. The van der Waals surface area contributed by atoms with Crippen molar-refractivity contribution < 1.29 is 19.8 Å². The Morgan fingerprint density at radius 1 is 1.29 bits per heavy atom. The second kappa shape index (κ2) is 3.85. The van der Waals surface area contributed by atoms with E-state index in [0.29, 0.717) is 13.0 Å². The van der Waals surface area contributed by atoms with Crippen molar-refractivity contribution in [2.45, 2.75) is 25.4 Å². The van der Waals surface area contributed by atoms with Crippen LogP contribution in [0, 0.1) is 0 Å². The number of carbonyl (C=O) groups is 2. The molecule has 5 heteroatoms. The minimum Gasteiger partial charge on any atom is -0.480 e. The molecule has 90 valence electrons. The molecule has 2 rings (SSSR count). The molecule has 1 atom stereocenters. The number of hydrogen-bond donors (Lipinski definition) is 3. The van der Waals surface area contributed by atoms with Crippen LogP contribution in [0.3, 0.4) is 0 Å². The van der Waals surface area contributed by atoms with E-state index in [4.69, 9.17) is 10.2 Å². The van der Waals surface area contributed by atoms with Crippen LogP contribution in [0.25, 0.3) is 0 Å². The minimum atomic E-state index is -1.02. The molecular weight excluding hydrogens is 222 g/mol. The zero-order chi connectivity index (χ0) is 12.6. The summed E-state index contributed by atoms with van der Waals surface area (Å²) in [6, 6.07) is 4.82. The first-order valence-corrected chi connectivity index (χ1v) is 5.26. The highest BCUT2D eigenvalue weighted by atomic mass is 16.4. The van der Waals surface area contributed by atoms with Gasteiger partial charge in [0.1, 0.15) is 5.54 Å². The Bertz CT molecular complexity index is 497. The van der Waals surface area contributed by atoms with Crippen LogP contribution < -0.4 is 5.32 Å². The van der Waals surface area contributed by atoms with Crippen molar-refractivity contribution >= 4 is 11.9 Å². The molecule has 1 heterocycles. The number of benzene rings is 1. The van der Waals surface area contributed by atoms with Gasteiger partial charge in [0.2, 0.25) is 0 Å². The summed E-state index contributed by atoms with van der Waals surface area (Å²) in [6.07, 6.45) is 0.290. The van der Waals surface area contributed by atoms with E-state index in [1.165, 1.54) is 6.07 Å². The summed E-state index contributed by atoms with van der Waals surface area (Å²) in [7, 11) is 0. The van der Waals surface area contributed by atoms with Gasteiger partial charge >= 0.3 is 11.9 Å². The summed E-state index contributed by atoms with van der Waals surface area (Å²) >= 11 is 0. The summed E-state index contributed by atoms with van der Waals surface area (Å²) in [4.78, 5) is 22.0. The van der Waals surface area contributed by atoms with Gasteiger partial charge in [0, 0.05) is 13.0 Å². The molecule has 0 unspecified atom stereocenters. The van der Waals surface area contributed by atoms with Crippen LogP contribution in [-0.4, -0.2) is 27.7 Å². The lowest BCUT2D eigenvalue weighted by Crippen LogP contribution is -2.53. The number of hydrogen-bond acceptors (Lipinski definition) is 3. The van der Waals surface area contributed by atoms with E-state index in [1.54, 1.807) is 19.1 Å². The fourth-order valence-corrected chi connectivity index (χ4v) is 1.98. The lowest BCUT2D eigenvalue weighted by Gasteiger charge is -2.32. The van der Waals surface area contributed by atoms with Gasteiger partial charge in [-0.15, -0.1) is 0 Å². The normalized spacial score (nSPS) is 22.9. The molecule has 0 aliphatic carbocycles. The Morgan fingerprint density at radius 3 is 2.59 bits per heavy atom. The van der Waals surface area contributed by atoms with Gasteiger partial charge in [0.25, 0.3) is 0 Å². The van der Waals surface area contributed by atoms with Crippen LogP contribution in [0.4, 0.5) is 0 Å². The highest BCUT2D eigenvalue weighted by Crippen LogP contribution is 2.24. The minimum absolute atomic E-state index is 0.193. The summed E-state index contributed by atoms with van der Waals surface area (Å²) in [6.45, 7) is 2.05. The largest absolute Gasteiger partial charge is 0.480 e. The quantitative estimate of drug-likeness (QED) is 0.708. The molecule has 1 aliphatic rings. The Labute approximate surface area is 98.1 Å². The smallest absolute Gasteiger partial charge is 0.335 e. The number of rotatable bonds is 2. The average molecular weight is 235 g/mol. The molecule has 0 saturated carbocycles. The van der Waals surface area contributed by atoms with Crippen molar-refractivity contribution in [1.82, 2.24) is 5.32 Å². The average Bonchev–Trinajstić information content (AvgIpc) is 2.27. The molecule has 0 spiro atoms. The van der Waals surface area contributed by atoms with Crippen LogP contribution in [-0.2, 0) is 17.8 Å². The number of carboxylic acids is 2. The highest BCUT2D eigenvalue weighted by Gasteiger charge is 2.36. The van der Waals surface area contributed by atoms with E-state index >= 15 is 0 Å². The second-order valence-corrected chi connectivity index (χ2v) is 4.46. The van der Waals surface area contributed by atoms with Crippen LogP contribution in [0.5, 0.6) is 0 Å². The summed E-state index contributed by atoms with van der Waals surface area (Å²) in [5, 5.41) is 21.0. The number of nitrogens with one attached hydrogen (secondary N) is 1. The van der Waals surface area contributed by atoms with Crippen LogP contribution in [0.1, 0.15) is 28.4 Å². The van der Waals surface area contributed by atoms with Crippen molar-refractivity contribution in [2.75, 3.05) is 0 Å². The topological polar surface area (TPSA) is 86.6 Å². The van der Waals surface area contributed by atoms with E-state index in [-0.39, 0.29) is 5.56 Å². The maximum Gasteiger partial charge on any atom is 0.335 e. The first-order valence-electron chi connectivity index (χ1n) is 5.26. The van der Waals surface area contributed by atoms with Crippen LogP contribution >= 0.6 is 0 Å². The van der Waals surface area contributed by atoms with Crippen LogP contribution in [0.2, 0.25) is 0 Å². The number of aliphatic carboxylic acids is 1. The van der Waals surface area contributed by atoms with Crippen molar-refractivity contribution in [3.05, 3.63) is 34.9 Å². The molecule has 0 amide bonds. The number of carboxylic acid groups (broad SMARTS) is 2. The van der Waals surface area contributed by atoms with E-state index < -0.39 is 17.5 Å². The van der Waals surface area contributed by atoms with Gasteiger partial charge in [-0.25, -0.2) is 4.79 Å². The predicted octanol–water partition coefficient (Wildman–Crippen LogP) is 0.874. The summed E-state index contributed by atoms with van der Waals surface area (Å²) in [5.74, 6) is -1.92. The summed E-state index contributed by atoms with van der Waals surface area (Å²) in [5.41, 5.74) is 0.907. The molecule has 1 aromatic rings. The van der Waals surface area contributed by atoms with Crippen molar-refractivity contribution in [3.63, 3.8) is 0 Å². The van der Waals surface area contributed by atoms with Gasteiger partial charge in [-0.1, -0.05) is 6.07 Å². The van der Waals surface area contributed by atoms with Gasteiger partial charge in [-0.05, 0) is 30.2 Å². The Kier molecular flexibility index (Phi) is 2.63. The molecular formula is C12H13NO4. The van der Waals surface area contributed by atoms with Crippen molar-refractivity contribution in [3.8, 4) is 0 Å². The lowest BCUT2D eigenvalue weighted by atomic mass is 9.85. The van der Waals surface area contributed by atoms with E-state index in [2.05, 4.69) is 5.32 Å². The van der Waals surface area contributed by atoms with Gasteiger partial charge in [-0.2, -0.15) is 0 Å². The number of aromatic carboxylic acids is 1. The molecule has 0 bridgehead atoms. The standard InChI is InChI=1S/C12H13NO4/c1-12(11(16)17)5-9-4-7(10(14)15)2-3-8(9)6-13-12/h2-4,13H,5-6H2,1H3,(H,14,15)(H,16,17)/t12-/m0/s1. The molecule has 0 aromatic heterocycles. The molecule has 0 radical (unpaired) electrons. The molecule has 0 fully saturated rings.